The standard InChI is InChI=1S/C7H14O3/c1-8-5-6-10-7-3-2-4-9-7/h7H,2-6H2,1H3/t7-/m1/s1. The molecule has 1 fully saturated rings. The Labute approximate surface area is 61.3 Å². The molecule has 60 valence electrons. The summed E-state index contributed by atoms with van der Waals surface area (Å²) in [7, 11) is 1.67. The van der Waals surface area contributed by atoms with Gasteiger partial charge < -0.3 is 14.2 Å². The summed E-state index contributed by atoms with van der Waals surface area (Å²) in [5.74, 6) is 0. The molecule has 1 heterocycles. The first-order valence-electron chi connectivity index (χ1n) is 3.65. The lowest BCUT2D eigenvalue weighted by atomic mass is 10.4. The third-order valence-electron chi connectivity index (χ3n) is 1.48. The van der Waals surface area contributed by atoms with Gasteiger partial charge in [-0.05, 0) is 6.42 Å². The van der Waals surface area contributed by atoms with Gasteiger partial charge in [0.15, 0.2) is 6.29 Å². The summed E-state index contributed by atoms with van der Waals surface area (Å²) >= 11 is 0. The van der Waals surface area contributed by atoms with Crippen molar-refractivity contribution in [2.24, 2.45) is 0 Å². The van der Waals surface area contributed by atoms with Crippen LogP contribution in [0.5, 0.6) is 0 Å². The molecule has 0 spiro atoms. The number of ether oxygens (including phenoxy) is 3. The Morgan fingerprint density at radius 1 is 1.50 bits per heavy atom. The highest BCUT2D eigenvalue weighted by molar-refractivity contribution is 4.53. The molecule has 1 atom stereocenters. The third-order valence-corrected chi connectivity index (χ3v) is 1.48. The molecule has 0 aromatic heterocycles. The molecule has 3 heteroatoms. The van der Waals surface area contributed by atoms with Gasteiger partial charge in [0.05, 0.1) is 13.2 Å². The Morgan fingerprint density at radius 3 is 3.00 bits per heavy atom. The van der Waals surface area contributed by atoms with Gasteiger partial charge in [-0.1, -0.05) is 0 Å². The first-order chi connectivity index (χ1) is 4.93. The van der Waals surface area contributed by atoms with Gasteiger partial charge in [0.1, 0.15) is 0 Å². The molecule has 1 aliphatic rings. The van der Waals surface area contributed by atoms with E-state index >= 15 is 0 Å². The first kappa shape index (κ1) is 7.98. The monoisotopic (exact) mass is 146 g/mol. The lowest BCUT2D eigenvalue weighted by molar-refractivity contribution is -0.119. The van der Waals surface area contributed by atoms with Crippen molar-refractivity contribution in [2.45, 2.75) is 19.1 Å². The van der Waals surface area contributed by atoms with Crippen molar-refractivity contribution >= 4 is 0 Å². The molecule has 1 rings (SSSR count). The SMILES string of the molecule is COCCO[C@@H]1CCCO1. The lowest BCUT2D eigenvalue weighted by Gasteiger charge is -2.09. The normalized spacial score (nSPS) is 25.5. The van der Waals surface area contributed by atoms with Gasteiger partial charge in [-0.3, -0.25) is 0 Å². The number of rotatable bonds is 4. The first-order valence-corrected chi connectivity index (χ1v) is 3.65. The van der Waals surface area contributed by atoms with Gasteiger partial charge >= 0.3 is 0 Å². The lowest BCUT2D eigenvalue weighted by Crippen LogP contribution is -2.13. The van der Waals surface area contributed by atoms with E-state index < -0.39 is 0 Å². The fourth-order valence-corrected chi connectivity index (χ4v) is 0.942. The van der Waals surface area contributed by atoms with Crippen molar-refractivity contribution in [1.29, 1.82) is 0 Å². The van der Waals surface area contributed by atoms with Crippen LogP contribution >= 0.6 is 0 Å². The minimum Gasteiger partial charge on any atom is -0.382 e. The van der Waals surface area contributed by atoms with Crippen LogP contribution in [0.15, 0.2) is 0 Å². The molecule has 0 N–H and O–H groups in total. The van der Waals surface area contributed by atoms with Crippen LogP contribution in [0.4, 0.5) is 0 Å². The van der Waals surface area contributed by atoms with E-state index in [-0.39, 0.29) is 6.29 Å². The average molecular weight is 146 g/mol. The second-order valence-electron chi connectivity index (χ2n) is 2.31. The maximum absolute atomic E-state index is 5.30. The molecule has 0 radical (unpaired) electrons. The van der Waals surface area contributed by atoms with Gasteiger partial charge in [-0.15, -0.1) is 0 Å². The molecular weight excluding hydrogens is 132 g/mol. The van der Waals surface area contributed by atoms with Crippen molar-refractivity contribution in [3.05, 3.63) is 0 Å². The molecule has 0 unspecified atom stereocenters. The van der Waals surface area contributed by atoms with Crippen LogP contribution in [-0.2, 0) is 14.2 Å². The number of hydrogen-bond donors (Lipinski definition) is 0. The Bertz CT molecular complexity index is 78.9. The maximum Gasteiger partial charge on any atom is 0.157 e. The average Bonchev–Trinajstić information content (AvgIpc) is 2.41. The molecule has 10 heavy (non-hydrogen) atoms. The molecule has 3 nitrogen and oxygen atoms in total. The minimum absolute atomic E-state index is 0.0372. The van der Waals surface area contributed by atoms with Crippen LogP contribution in [0.3, 0.4) is 0 Å². The van der Waals surface area contributed by atoms with Crippen LogP contribution in [-0.4, -0.2) is 33.2 Å². The topological polar surface area (TPSA) is 27.7 Å². The van der Waals surface area contributed by atoms with Crippen LogP contribution in [0.2, 0.25) is 0 Å². The fourth-order valence-electron chi connectivity index (χ4n) is 0.942. The quantitative estimate of drug-likeness (QED) is 0.549. The van der Waals surface area contributed by atoms with Crippen LogP contribution in [0.1, 0.15) is 12.8 Å². The van der Waals surface area contributed by atoms with E-state index in [0.717, 1.165) is 19.4 Å². The Hall–Kier alpha value is -0.120. The second kappa shape index (κ2) is 4.66. The highest BCUT2D eigenvalue weighted by Crippen LogP contribution is 2.12. The number of methoxy groups -OCH3 is 1. The third kappa shape index (κ3) is 2.64. The minimum atomic E-state index is 0.0372. The molecule has 0 bridgehead atoms. The summed E-state index contributed by atoms with van der Waals surface area (Å²) < 4.78 is 15.3. The highest BCUT2D eigenvalue weighted by atomic mass is 16.7. The van der Waals surface area contributed by atoms with Crippen molar-refractivity contribution in [2.75, 3.05) is 26.9 Å². The molecule has 0 aromatic carbocycles. The van der Waals surface area contributed by atoms with E-state index in [1.807, 2.05) is 0 Å². The van der Waals surface area contributed by atoms with E-state index in [9.17, 15) is 0 Å². The predicted octanol–water partition coefficient (Wildman–Crippen LogP) is 0.786. The fraction of sp³-hybridized carbons (Fsp3) is 1.00. The van der Waals surface area contributed by atoms with E-state index in [2.05, 4.69) is 0 Å². The highest BCUT2D eigenvalue weighted by Gasteiger charge is 2.14. The van der Waals surface area contributed by atoms with Crippen molar-refractivity contribution in [3.8, 4) is 0 Å². The summed E-state index contributed by atoms with van der Waals surface area (Å²) in [6.45, 7) is 2.14. The van der Waals surface area contributed by atoms with E-state index in [1.165, 1.54) is 0 Å². The Kier molecular flexibility index (Phi) is 3.72. The zero-order valence-electron chi connectivity index (χ0n) is 6.34. The zero-order valence-corrected chi connectivity index (χ0v) is 6.34. The van der Waals surface area contributed by atoms with E-state index in [1.54, 1.807) is 7.11 Å². The van der Waals surface area contributed by atoms with Crippen LogP contribution in [0, 0.1) is 0 Å². The molecule has 1 aliphatic heterocycles. The molecular formula is C7H14O3. The summed E-state index contributed by atoms with van der Waals surface area (Å²) in [5.41, 5.74) is 0. The largest absolute Gasteiger partial charge is 0.382 e. The van der Waals surface area contributed by atoms with Crippen molar-refractivity contribution in [3.63, 3.8) is 0 Å². The Balaban J connectivity index is 1.91. The predicted molar refractivity (Wildman–Crippen MR) is 36.8 cm³/mol. The van der Waals surface area contributed by atoms with Crippen molar-refractivity contribution in [1.82, 2.24) is 0 Å². The zero-order chi connectivity index (χ0) is 7.23. The van der Waals surface area contributed by atoms with Gasteiger partial charge in [-0.25, -0.2) is 0 Å². The molecule has 0 aliphatic carbocycles. The van der Waals surface area contributed by atoms with Crippen LogP contribution in [0.25, 0.3) is 0 Å². The van der Waals surface area contributed by atoms with Gasteiger partial charge in [-0.2, -0.15) is 0 Å². The molecule has 0 aromatic rings. The molecule has 1 saturated heterocycles. The maximum atomic E-state index is 5.30. The summed E-state index contributed by atoms with van der Waals surface area (Å²) in [4.78, 5) is 0. The smallest absolute Gasteiger partial charge is 0.157 e. The number of hydrogen-bond acceptors (Lipinski definition) is 3. The van der Waals surface area contributed by atoms with Crippen molar-refractivity contribution < 1.29 is 14.2 Å². The second-order valence-corrected chi connectivity index (χ2v) is 2.31. The van der Waals surface area contributed by atoms with E-state index in [4.69, 9.17) is 14.2 Å². The van der Waals surface area contributed by atoms with Crippen LogP contribution < -0.4 is 0 Å². The van der Waals surface area contributed by atoms with E-state index in [0.29, 0.717) is 13.2 Å². The summed E-state index contributed by atoms with van der Waals surface area (Å²) in [5, 5.41) is 0. The van der Waals surface area contributed by atoms with Gasteiger partial charge in [0, 0.05) is 20.1 Å². The van der Waals surface area contributed by atoms with Gasteiger partial charge in [0.25, 0.3) is 0 Å². The molecule has 0 saturated carbocycles. The molecule has 0 amide bonds. The van der Waals surface area contributed by atoms with Gasteiger partial charge in [0.2, 0.25) is 0 Å². The Morgan fingerprint density at radius 2 is 2.40 bits per heavy atom. The summed E-state index contributed by atoms with van der Waals surface area (Å²) in [6.07, 6.45) is 2.19. The summed E-state index contributed by atoms with van der Waals surface area (Å²) in [6, 6.07) is 0.